The van der Waals surface area contributed by atoms with Crippen molar-refractivity contribution in [3.05, 3.63) is 35.9 Å². The van der Waals surface area contributed by atoms with Crippen molar-refractivity contribution < 1.29 is 4.74 Å². The first-order valence-corrected chi connectivity index (χ1v) is 9.25. The van der Waals surface area contributed by atoms with Crippen molar-refractivity contribution in [2.75, 3.05) is 26.3 Å². The highest BCUT2D eigenvalue weighted by atomic mass is 16.5. The van der Waals surface area contributed by atoms with Crippen LogP contribution in [0.1, 0.15) is 37.7 Å². The third-order valence-corrected chi connectivity index (χ3v) is 7.15. The molecule has 22 heavy (non-hydrogen) atoms. The minimum atomic E-state index is 0.318. The molecule has 4 aliphatic carbocycles. The van der Waals surface area contributed by atoms with Crippen LogP contribution in [-0.2, 0) is 10.3 Å². The highest BCUT2D eigenvalue weighted by molar-refractivity contribution is 5.30. The van der Waals surface area contributed by atoms with E-state index in [9.17, 15) is 0 Å². The van der Waals surface area contributed by atoms with Crippen molar-refractivity contribution in [2.24, 2.45) is 23.7 Å². The number of rotatable bonds is 2. The topological polar surface area (TPSA) is 12.5 Å². The van der Waals surface area contributed by atoms with Crippen LogP contribution >= 0.6 is 0 Å². The van der Waals surface area contributed by atoms with Gasteiger partial charge >= 0.3 is 0 Å². The van der Waals surface area contributed by atoms with Crippen molar-refractivity contribution in [1.82, 2.24) is 4.90 Å². The third kappa shape index (κ3) is 1.80. The van der Waals surface area contributed by atoms with Crippen LogP contribution in [0, 0.1) is 23.7 Å². The van der Waals surface area contributed by atoms with Gasteiger partial charge in [-0.15, -0.1) is 0 Å². The number of morpholine rings is 1. The van der Waals surface area contributed by atoms with Gasteiger partial charge in [-0.1, -0.05) is 30.3 Å². The molecule has 0 spiro atoms. The molecule has 5 fully saturated rings. The van der Waals surface area contributed by atoms with Crippen molar-refractivity contribution >= 4 is 0 Å². The second kappa shape index (κ2) is 5.07. The molecule has 0 amide bonds. The summed E-state index contributed by atoms with van der Waals surface area (Å²) in [5.41, 5.74) is 1.92. The van der Waals surface area contributed by atoms with E-state index in [2.05, 4.69) is 35.2 Å². The van der Waals surface area contributed by atoms with Gasteiger partial charge in [0.05, 0.1) is 18.8 Å². The van der Waals surface area contributed by atoms with E-state index in [1.165, 1.54) is 32.1 Å². The minimum absolute atomic E-state index is 0.318. The lowest BCUT2D eigenvalue weighted by molar-refractivity contribution is -0.161. The van der Waals surface area contributed by atoms with E-state index >= 15 is 0 Å². The summed E-state index contributed by atoms with van der Waals surface area (Å²) in [5.74, 6) is 3.81. The van der Waals surface area contributed by atoms with Gasteiger partial charge < -0.3 is 4.74 Å². The second-order valence-electron chi connectivity index (χ2n) is 8.10. The standard InChI is InChI=1S/C20H27NO/c1-2-4-17(5-3-1)20(21-6-8-22-9-7-21)18-11-15-10-16(13-18)14-19(20)12-15/h1-5,15-16,18-19H,6-14H2. The Morgan fingerprint density at radius 3 is 2.00 bits per heavy atom. The van der Waals surface area contributed by atoms with Crippen molar-refractivity contribution in [3.8, 4) is 0 Å². The van der Waals surface area contributed by atoms with E-state index in [0.29, 0.717) is 5.54 Å². The number of ether oxygens (including phenoxy) is 1. The molecule has 2 heteroatoms. The maximum atomic E-state index is 5.68. The zero-order valence-corrected chi connectivity index (χ0v) is 13.4. The number of nitrogens with zero attached hydrogens (tertiary/aromatic N) is 1. The average molecular weight is 297 g/mol. The fraction of sp³-hybridized carbons (Fsp3) is 0.700. The van der Waals surface area contributed by atoms with Crippen LogP contribution in [-0.4, -0.2) is 31.2 Å². The predicted molar refractivity (Wildman–Crippen MR) is 87.6 cm³/mol. The molecule has 0 atom stereocenters. The van der Waals surface area contributed by atoms with Crippen LogP contribution in [0.4, 0.5) is 0 Å². The lowest BCUT2D eigenvalue weighted by Crippen LogP contribution is -2.65. The van der Waals surface area contributed by atoms with Crippen LogP contribution in [0.15, 0.2) is 30.3 Å². The molecule has 6 rings (SSSR count). The Kier molecular flexibility index (Phi) is 3.13. The summed E-state index contributed by atoms with van der Waals surface area (Å²) in [4.78, 5) is 2.83. The Bertz CT molecular complexity index is 500. The zero-order valence-electron chi connectivity index (χ0n) is 13.4. The van der Waals surface area contributed by atoms with E-state index < -0.39 is 0 Å². The Hall–Kier alpha value is -0.860. The summed E-state index contributed by atoms with van der Waals surface area (Å²) >= 11 is 0. The summed E-state index contributed by atoms with van der Waals surface area (Å²) in [7, 11) is 0. The molecule has 1 aliphatic heterocycles. The number of hydrogen-bond acceptors (Lipinski definition) is 2. The van der Waals surface area contributed by atoms with Gasteiger partial charge in [-0.3, -0.25) is 4.90 Å². The normalized spacial score (nSPS) is 44.4. The molecular weight excluding hydrogens is 270 g/mol. The molecule has 1 heterocycles. The summed E-state index contributed by atoms with van der Waals surface area (Å²) in [6.07, 6.45) is 7.41. The van der Waals surface area contributed by atoms with Gasteiger partial charge in [0.1, 0.15) is 0 Å². The van der Waals surface area contributed by atoms with Gasteiger partial charge in [0.15, 0.2) is 0 Å². The van der Waals surface area contributed by atoms with Gasteiger partial charge in [0, 0.05) is 13.1 Å². The molecule has 2 nitrogen and oxygen atoms in total. The highest BCUT2D eigenvalue weighted by Gasteiger charge is 2.60. The van der Waals surface area contributed by atoms with Gasteiger partial charge in [0.25, 0.3) is 0 Å². The van der Waals surface area contributed by atoms with Crippen molar-refractivity contribution in [2.45, 2.75) is 37.6 Å². The largest absolute Gasteiger partial charge is 0.379 e. The molecule has 0 radical (unpaired) electrons. The fourth-order valence-electron chi connectivity index (χ4n) is 6.71. The van der Waals surface area contributed by atoms with E-state index in [1.807, 2.05) is 0 Å². The Labute approximate surface area is 133 Å². The van der Waals surface area contributed by atoms with E-state index in [0.717, 1.165) is 50.0 Å². The summed E-state index contributed by atoms with van der Waals surface area (Å²) in [6, 6.07) is 11.5. The second-order valence-corrected chi connectivity index (χ2v) is 8.10. The molecule has 1 aromatic carbocycles. The molecule has 1 aromatic rings. The SMILES string of the molecule is c1ccc(C2(N3CCOCC3)C3CC4CC(C3)CC2C4)cc1. The minimum Gasteiger partial charge on any atom is -0.379 e. The molecule has 118 valence electrons. The highest BCUT2D eigenvalue weighted by Crippen LogP contribution is 2.64. The molecule has 0 unspecified atom stereocenters. The fourth-order valence-corrected chi connectivity index (χ4v) is 6.71. The zero-order chi connectivity index (χ0) is 14.6. The number of hydrogen-bond donors (Lipinski definition) is 0. The van der Waals surface area contributed by atoms with Crippen LogP contribution < -0.4 is 0 Å². The molecular formula is C20H27NO. The van der Waals surface area contributed by atoms with Crippen LogP contribution in [0.3, 0.4) is 0 Å². The maximum absolute atomic E-state index is 5.68. The Balaban J connectivity index is 1.63. The van der Waals surface area contributed by atoms with E-state index in [4.69, 9.17) is 4.74 Å². The maximum Gasteiger partial charge on any atom is 0.0594 e. The molecule has 4 bridgehead atoms. The van der Waals surface area contributed by atoms with E-state index in [1.54, 1.807) is 5.56 Å². The quantitative estimate of drug-likeness (QED) is 0.826. The third-order valence-electron chi connectivity index (χ3n) is 7.15. The van der Waals surface area contributed by atoms with Gasteiger partial charge in [-0.25, -0.2) is 0 Å². The molecule has 1 saturated heterocycles. The van der Waals surface area contributed by atoms with E-state index in [-0.39, 0.29) is 0 Å². The summed E-state index contributed by atoms with van der Waals surface area (Å²) in [5, 5.41) is 0. The van der Waals surface area contributed by atoms with Crippen LogP contribution in [0.2, 0.25) is 0 Å². The Morgan fingerprint density at radius 1 is 0.818 bits per heavy atom. The summed E-state index contributed by atoms with van der Waals surface area (Å²) in [6.45, 7) is 4.08. The van der Waals surface area contributed by atoms with Crippen LogP contribution in [0.25, 0.3) is 0 Å². The predicted octanol–water partition coefficient (Wildman–Crippen LogP) is 3.67. The van der Waals surface area contributed by atoms with Gasteiger partial charge in [-0.2, -0.15) is 0 Å². The first-order chi connectivity index (χ1) is 10.9. The lowest BCUT2D eigenvalue weighted by Gasteiger charge is -2.65. The lowest BCUT2D eigenvalue weighted by atomic mass is 9.46. The smallest absolute Gasteiger partial charge is 0.0594 e. The average Bonchev–Trinajstić information content (AvgIpc) is 2.56. The first-order valence-electron chi connectivity index (χ1n) is 9.25. The summed E-state index contributed by atoms with van der Waals surface area (Å²) < 4.78 is 5.68. The van der Waals surface area contributed by atoms with Gasteiger partial charge in [-0.05, 0) is 61.3 Å². The first kappa shape index (κ1) is 13.6. The van der Waals surface area contributed by atoms with Crippen molar-refractivity contribution in [3.63, 3.8) is 0 Å². The molecule has 0 aromatic heterocycles. The number of benzene rings is 1. The molecule has 0 N–H and O–H groups in total. The van der Waals surface area contributed by atoms with Crippen LogP contribution in [0.5, 0.6) is 0 Å². The Morgan fingerprint density at radius 2 is 1.41 bits per heavy atom. The monoisotopic (exact) mass is 297 g/mol. The molecule has 4 saturated carbocycles. The van der Waals surface area contributed by atoms with Crippen molar-refractivity contribution in [1.29, 1.82) is 0 Å². The van der Waals surface area contributed by atoms with Gasteiger partial charge in [0.2, 0.25) is 0 Å². The molecule has 5 aliphatic rings.